The fourth-order valence-corrected chi connectivity index (χ4v) is 2.33. The van der Waals surface area contributed by atoms with Crippen molar-refractivity contribution >= 4 is 51.8 Å². The zero-order chi connectivity index (χ0) is 15.7. The van der Waals surface area contributed by atoms with Crippen LogP contribution in [-0.2, 0) is 0 Å². The van der Waals surface area contributed by atoms with E-state index in [4.69, 9.17) is 28.4 Å². The number of rotatable bonds is 3. The standard InChI is InChI=1S/C14H10Cl2N4O2/c15-9-5-11-12(6-10(9)16)19-14(18-11)17-8-3-1-2-7(4-8)13(21)20-22/h1-6,22H,(H,20,21)(H2,17,18,19). The first-order valence-corrected chi connectivity index (χ1v) is 6.98. The van der Waals surface area contributed by atoms with Crippen LogP contribution in [0.25, 0.3) is 11.0 Å². The first-order valence-electron chi connectivity index (χ1n) is 6.23. The maximum absolute atomic E-state index is 11.4. The van der Waals surface area contributed by atoms with Gasteiger partial charge in [-0.05, 0) is 30.3 Å². The fraction of sp³-hybridized carbons (Fsp3) is 0. The Balaban J connectivity index is 1.91. The van der Waals surface area contributed by atoms with E-state index in [9.17, 15) is 4.79 Å². The third-order valence-corrected chi connectivity index (χ3v) is 3.74. The number of hydrogen-bond donors (Lipinski definition) is 4. The molecule has 0 unspecified atom stereocenters. The van der Waals surface area contributed by atoms with Gasteiger partial charge in [-0.2, -0.15) is 0 Å². The van der Waals surface area contributed by atoms with Gasteiger partial charge in [0.2, 0.25) is 5.95 Å². The Hall–Kier alpha value is -2.28. The fourth-order valence-electron chi connectivity index (χ4n) is 2.00. The second-order valence-electron chi connectivity index (χ2n) is 4.52. The summed E-state index contributed by atoms with van der Waals surface area (Å²) >= 11 is 11.9. The molecule has 2 aromatic carbocycles. The predicted molar refractivity (Wildman–Crippen MR) is 85.1 cm³/mol. The van der Waals surface area contributed by atoms with Gasteiger partial charge in [0.25, 0.3) is 5.91 Å². The summed E-state index contributed by atoms with van der Waals surface area (Å²) in [6.07, 6.45) is 0. The van der Waals surface area contributed by atoms with Crippen molar-refractivity contribution < 1.29 is 10.0 Å². The van der Waals surface area contributed by atoms with Crippen LogP contribution >= 0.6 is 23.2 Å². The van der Waals surface area contributed by atoms with Crippen molar-refractivity contribution in [2.75, 3.05) is 5.32 Å². The molecule has 0 saturated carbocycles. The van der Waals surface area contributed by atoms with Gasteiger partial charge in [0.05, 0.1) is 21.1 Å². The summed E-state index contributed by atoms with van der Waals surface area (Å²) in [4.78, 5) is 18.8. The maximum Gasteiger partial charge on any atom is 0.274 e. The molecule has 1 amide bonds. The SMILES string of the molecule is O=C(NO)c1cccc(Nc2nc3cc(Cl)c(Cl)cc3[nH]2)c1. The first kappa shape index (κ1) is 14.6. The van der Waals surface area contributed by atoms with Crippen LogP contribution in [0.4, 0.5) is 11.6 Å². The van der Waals surface area contributed by atoms with E-state index in [1.807, 2.05) is 0 Å². The van der Waals surface area contributed by atoms with Crippen LogP contribution in [-0.4, -0.2) is 21.1 Å². The van der Waals surface area contributed by atoms with Gasteiger partial charge in [0.15, 0.2) is 0 Å². The van der Waals surface area contributed by atoms with Gasteiger partial charge in [0, 0.05) is 11.3 Å². The highest BCUT2D eigenvalue weighted by Gasteiger charge is 2.08. The second-order valence-corrected chi connectivity index (χ2v) is 5.33. The van der Waals surface area contributed by atoms with Crippen molar-refractivity contribution in [3.05, 3.63) is 52.0 Å². The minimum atomic E-state index is -0.591. The number of aromatic nitrogens is 2. The number of carbonyl (C=O) groups excluding carboxylic acids is 1. The third-order valence-electron chi connectivity index (χ3n) is 3.01. The molecule has 0 saturated heterocycles. The average Bonchev–Trinajstić information content (AvgIpc) is 2.88. The van der Waals surface area contributed by atoms with Crippen LogP contribution in [0.3, 0.4) is 0 Å². The van der Waals surface area contributed by atoms with E-state index in [-0.39, 0.29) is 0 Å². The quantitative estimate of drug-likeness (QED) is 0.433. The summed E-state index contributed by atoms with van der Waals surface area (Å²) in [6.45, 7) is 0. The molecule has 0 aliphatic heterocycles. The van der Waals surface area contributed by atoms with E-state index >= 15 is 0 Å². The van der Waals surface area contributed by atoms with Crippen molar-refractivity contribution in [2.45, 2.75) is 0 Å². The predicted octanol–water partition coefficient (Wildman–Crippen LogP) is 3.73. The highest BCUT2D eigenvalue weighted by atomic mass is 35.5. The Morgan fingerprint density at radius 3 is 2.73 bits per heavy atom. The van der Waals surface area contributed by atoms with E-state index in [1.54, 1.807) is 41.9 Å². The molecule has 3 aromatic rings. The molecule has 0 aliphatic carbocycles. The Labute approximate surface area is 135 Å². The topological polar surface area (TPSA) is 90.0 Å². The molecule has 0 fully saturated rings. The Bertz CT molecular complexity index is 824. The highest BCUT2D eigenvalue weighted by molar-refractivity contribution is 6.42. The number of anilines is 2. The lowest BCUT2D eigenvalue weighted by Gasteiger charge is -2.04. The molecule has 22 heavy (non-hydrogen) atoms. The molecule has 8 heteroatoms. The molecule has 0 aliphatic rings. The summed E-state index contributed by atoms with van der Waals surface area (Å²) in [5, 5.41) is 12.6. The highest BCUT2D eigenvalue weighted by Crippen LogP contribution is 2.28. The van der Waals surface area contributed by atoms with Crippen molar-refractivity contribution in [2.24, 2.45) is 0 Å². The van der Waals surface area contributed by atoms with Gasteiger partial charge < -0.3 is 10.3 Å². The lowest BCUT2D eigenvalue weighted by atomic mass is 10.2. The number of imidazole rings is 1. The molecule has 0 radical (unpaired) electrons. The monoisotopic (exact) mass is 336 g/mol. The van der Waals surface area contributed by atoms with Gasteiger partial charge >= 0.3 is 0 Å². The molecule has 3 rings (SSSR count). The molecule has 0 bridgehead atoms. The largest absolute Gasteiger partial charge is 0.326 e. The second kappa shape index (κ2) is 5.84. The lowest BCUT2D eigenvalue weighted by Crippen LogP contribution is -2.18. The molecule has 112 valence electrons. The number of nitrogens with one attached hydrogen (secondary N) is 3. The van der Waals surface area contributed by atoms with Crippen molar-refractivity contribution in [1.29, 1.82) is 0 Å². The van der Waals surface area contributed by atoms with Crippen molar-refractivity contribution in [3.63, 3.8) is 0 Å². The smallest absolute Gasteiger partial charge is 0.274 e. The summed E-state index contributed by atoms with van der Waals surface area (Å²) in [5.74, 6) is -0.110. The summed E-state index contributed by atoms with van der Waals surface area (Å²) in [6, 6.07) is 9.96. The molecular weight excluding hydrogens is 327 g/mol. The van der Waals surface area contributed by atoms with Crippen LogP contribution in [0.15, 0.2) is 36.4 Å². The zero-order valence-corrected chi connectivity index (χ0v) is 12.5. The number of nitrogens with zero attached hydrogens (tertiary/aromatic N) is 1. The van der Waals surface area contributed by atoms with Crippen LogP contribution in [0.1, 0.15) is 10.4 Å². The Morgan fingerprint density at radius 1 is 1.18 bits per heavy atom. The van der Waals surface area contributed by atoms with Gasteiger partial charge in [-0.25, -0.2) is 10.5 Å². The number of H-pyrrole nitrogens is 1. The van der Waals surface area contributed by atoms with Crippen LogP contribution in [0, 0.1) is 0 Å². The Morgan fingerprint density at radius 2 is 1.95 bits per heavy atom. The van der Waals surface area contributed by atoms with E-state index < -0.39 is 5.91 Å². The summed E-state index contributed by atoms with van der Waals surface area (Å²) < 4.78 is 0. The summed E-state index contributed by atoms with van der Waals surface area (Å²) in [5.41, 5.74) is 3.94. The van der Waals surface area contributed by atoms with Crippen LogP contribution in [0.2, 0.25) is 10.0 Å². The normalized spacial score (nSPS) is 10.7. The number of hydroxylamine groups is 1. The minimum Gasteiger partial charge on any atom is -0.326 e. The molecular formula is C14H10Cl2N4O2. The van der Waals surface area contributed by atoms with E-state index in [0.29, 0.717) is 32.8 Å². The Kier molecular flexibility index (Phi) is 3.89. The minimum absolute atomic E-state index is 0.315. The third kappa shape index (κ3) is 2.85. The van der Waals surface area contributed by atoms with Crippen molar-refractivity contribution in [3.8, 4) is 0 Å². The number of benzene rings is 2. The van der Waals surface area contributed by atoms with Crippen LogP contribution < -0.4 is 10.8 Å². The average molecular weight is 337 g/mol. The van der Waals surface area contributed by atoms with Gasteiger partial charge in [-0.1, -0.05) is 29.3 Å². The van der Waals surface area contributed by atoms with Crippen LogP contribution in [0.5, 0.6) is 0 Å². The molecule has 6 nitrogen and oxygen atoms in total. The molecule has 1 heterocycles. The molecule has 0 atom stereocenters. The first-order chi connectivity index (χ1) is 10.6. The maximum atomic E-state index is 11.4. The molecule has 1 aromatic heterocycles. The molecule has 4 N–H and O–H groups in total. The van der Waals surface area contributed by atoms with E-state index in [2.05, 4.69) is 15.3 Å². The van der Waals surface area contributed by atoms with Gasteiger partial charge in [-0.3, -0.25) is 10.0 Å². The zero-order valence-electron chi connectivity index (χ0n) is 11.0. The lowest BCUT2D eigenvalue weighted by molar-refractivity contribution is 0.0706. The number of aromatic amines is 1. The van der Waals surface area contributed by atoms with E-state index in [1.165, 1.54) is 0 Å². The number of halogens is 2. The number of carbonyl (C=O) groups is 1. The molecule has 0 spiro atoms. The number of hydrogen-bond acceptors (Lipinski definition) is 4. The number of amides is 1. The van der Waals surface area contributed by atoms with E-state index in [0.717, 1.165) is 5.52 Å². The van der Waals surface area contributed by atoms with Crippen molar-refractivity contribution in [1.82, 2.24) is 15.4 Å². The summed E-state index contributed by atoms with van der Waals surface area (Å²) in [7, 11) is 0. The number of fused-ring (bicyclic) bond motifs is 1. The van der Waals surface area contributed by atoms with Gasteiger partial charge in [0.1, 0.15) is 0 Å². The van der Waals surface area contributed by atoms with Gasteiger partial charge in [-0.15, -0.1) is 0 Å².